The maximum Gasteiger partial charge on any atom is 0.407 e. The topological polar surface area (TPSA) is 113 Å². The molecule has 256 valence electrons. The van der Waals surface area contributed by atoms with Crippen LogP contribution in [0.25, 0.3) is 11.1 Å². The second kappa shape index (κ2) is 13.5. The minimum atomic E-state index is -0.503. The monoisotopic (exact) mass is 654 g/mol. The fourth-order valence-electron chi connectivity index (χ4n) is 8.41. The molecular formula is C38H50N6O4. The van der Waals surface area contributed by atoms with Crippen LogP contribution in [0.3, 0.4) is 0 Å². The lowest BCUT2D eigenvalue weighted by Gasteiger charge is -2.55. The van der Waals surface area contributed by atoms with Gasteiger partial charge in [-0.15, -0.1) is 0 Å². The Morgan fingerprint density at radius 2 is 1.71 bits per heavy atom. The van der Waals surface area contributed by atoms with Gasteiger partial charge in [0.1, 0.15) is 11.9 Å². The van der Waals surface area contributed by atoms with Crippen molar-refractivity contribution in [3.8, 4) is 11.1 Å². The summed E-state index contributed by atoms with van der Waals surface area (Å²) < 4.78 is 7.66. The van der Waals surface area contributed by atoms with Gasteiger partial charge in [0.25, 0.3) is 0 Å². The van der Waals surface area contributed by atoms with E-state index in [0.717, 1.165) is 67.7 Å². The fourth-order valence-corrected chi connectivity index (χ4v) is 8.41. The van der Waals surface area contributed by atoms with Gasteiger partial charge in [-0.3, -0.25) is 9.48 Å². The number of alkyl carbamates (subject to hydrolysis) is 1. The second-order valence-electron chi connectivity index (χ2n) is 15.0. The zero-order valence-corrected chi connectivity index (χ0v) is 28.4. The highest BCUT2D eigenvalue weighted by molar-refractivity contribution is 5.96. The number of pyridine rings is 1. The number of carbonyl (C=O) groups is 2. The number of aliphatic hydroxyl groups excluding tert-OH is 1. The molecule has 10 heteroatoms. The van der Waals surface area contributed by atoms with E-state index in [4.69, 9.17) is 14.8 Å². The maximum atomic E-state index is 14.6. The van der Waals surface area contributed by atoms with Crippen molar-refractivity contribution in [2.45, 2.75) is 94.6 Å². The summed E-state index contributed by atoms with van der Waals surface area (Å²) in [5.41, 5.74) is 4.75. The number of benzene rings is 1. The number of carbonyl (C=O) groups excluding carboxylic acids is 2. The quantitative estimate of drug-likeness (QED) is 0.251. The highest BCUT2D eigenvalue weighted by atomic mass is 16.6. The molecule has 5 aliphatic carbocycles. The zero-order valence-electron chi connectivity index (χ0n) is 28.4. The van der Waals surface area contributed by atoms with E-state index in [1.807, 2.05) is 25.2 Å². The Morgan fingerprint density at radius 3 is 2.35 bits per heavy atom. The molecule has 0 saturated heterocycles. The molecule has 2 heterocycles. The van der Waals surface area contributed by atoms with E-state index in [1.165, 1.54) is 18.4 Å². The van der Waals surface area contributed by atoms with E-state index in [1.54, 1.807) is 0 Å². The number of hydrogen-bond donors (Lipinski definition) is 2. The third-order valence-electron chi connectivity index (χ3n) is 11.7. The summed E-state index contributed by atoms with van der Waals surface area (Å²) in [5.74, 6) is 1.05. The first-order valence-corrected chi connectivity index (χ1v) is 17.9. The van der Waals surface area contributed by atoms with Crippen molar-refractivity contribution in [1.29, 1.82) is 0 Å². The molecular weight excluding hydrogens is 604 g/mol. The summed E-state index contributed by atoms with van der Waals surface area (Å²) in [5, 5.41) is 16.2. The first-order chi connectivity index (χ1) is 23.3. The molecule has 1 aromatic carbocycles. The van der Waals surface area contributed by atoms with Crippen molar-refractivity contribution in [2.24, 2.45) is 11.3 Å². The molecule has 0 atom stereocenters. The van der Waals surface area contributed by atoms with Crippen LogP contribution in [0, 0.1) is 11.3 Å². The molecule has 2 amide bonds. The maximum absolute atomic E-state index is 14.6. The van der Waals surface area contributed by atoms with Crippen molar-refractivity contribution in [3.05, 3.63) is 60.6 Å². The Labute approximate surface area is 283 Å². The smallest absolute Gasteiger partial charge is 0.407 e. The number of nitrogens with one attached hydrogen (secondary N) is 1. The Bertz CT molecular complexity index is 1570. The largest absolute Gasteiger partial charge is 0.446 e. The molecule has 3 aromatic rings. The number of ether oxygens (including phenoxy) is 1. The summed E-state index contributed by atoms with van der Waals surface area (Å²) in [4.78, 5) is 35.6. The van der Waals surface area contributed by atoms with Crippen molar-refractivity contribution in [2.75, 3.05) is 43.6 Å². The van der Waals surface area contributed by atoms with Crippen LogP contribution in [-0.2, 0) is 14.9 Å². The molecule has 48 heavy (non-hydrogen) atoms. The number of rotatable bonds is 11. The van der Waals surface area contributed by atoms with E-state index < -0.39 is 6.09 Å². The lowest BCUT2D eigenvalue weighted by Crippen LogP contribution is -2.52. The second-order valence-corrected chi connectivity index (χ2v) is 15.0. The lowest BCUT2D eigenvalue weighted by molar-refractivity contribution is -0.124. The van der Waals surface area contributed by atoms with E-state index in [2.05, 4.69) is 68.8 Å². The van der Waals surface area contributed by atoms with Crippen LogP contribution in [0.1, 0.15) is 88.7 Å². The van der Waals surface area contributed by atoms with E-state index >= 15 is 0 Å². The van der Waals surface area contributed by atoms with Gasteiger partial charge in [-0.25, -0.2) is 9.78 Å². The van der Waals surface area contributed by atoms with Gasteiger partial charge < -0.3 is 25.0 Å². The third-order valence-corrected chi connectivity index (χ3v) is 11.7. The van der Waals surface area contributed by atoms with Gasteiger partial charge in [0.15, 0.2) is 0 Å². The van der Waals surface area contributed by atoms with Crippen molar-refractivity contribution in [1.82, 2.24) is 20.1 Å². The molecule has 2 aromatic heterocycles. The highest BCUT2D eigenvalue weighted by Gasteiger charge is 2.51. The van der Waals surface area contributed by atoms with Gasteiger partial charge in [-0.2, -0.15) is 5.10 Å². The highest BCUT2D eigenvalue weighted by Crippen LogP contribution is 2.58. The summed E-state index contributed by atoms with van der Waals surface area (Å²) in [7, 11) is 4.05. The molecule has 5 aliphatic rings. The third kappa shape index (κ3) is 6.81. The molecule has 0 unspecified atom stereocenters. The van der Waals surface area contributed by atoms with Gasteiger partial charge in [0.2, 0.25) is 5.91 Å². The minimum Gasteiger partial charge on any atom is -0.446 e. The standard InChI is InChI=1S/C38H50N6O4/c1-42(2)34-13-8-30(24-40-34)38-17-14-37(15-18-38,16-19-38)26-43(35(46)27-6-11-33(12-7-27)48-36(47)39-20-21-45)32-5-3-4-28(22-32)29-23-41-44(25-29)31-9-10-31/h3-5,8,13,22-25,27,31,33,45H,6-7,9-12,14-21,26H2,1-2H3,(H,39,47)/t27-,33-,37?,38?. The van der Waals surface area contributed by atoms with Crippen LogP contribution in [0.2, 0.25) is 0 Å². The van der Waals surface area contributed by atoms with Gasteiger partial charge in [-0.1, -0.05) is 18.2 Å². The normalized spacial score (nSPS) is 26.6. The summed E-state index contributed by atoms with van der Waals surface area (Å²) in [6.45, 7) is 0.773. The van der Waals surface area contributed by atoms with Crippen LogP contribution < -0.4 is 15.1 Å². The Balaban J connectivity index is 1.09. The van der Waals surface area contributed by atoms with Crippen molar-refractivity contribution >= 4 is 23.5 Å². The van der Waals surface area contributed by atoms with Gasteiger partial charge in [0.05, 0.1) is 18.8 Å². The predicted octanol–water partition coefficient (Wildman–Crippen LogP) is 6.25. The van der Waals surface area contributed by atoms with Crippen LogP contribution in [0.5, 0.6) is 0 Å². The average Bonchev–Trinajstić information content (AvgIpc) is 3.86. The SMILES string of the molecule is CN(C)c1ccc(C23CCC(CN(c4cccc(-c5cnn(C6CC6)c5)c4)C(=O)[C@H]4CC[C@H](OC(=O)NCCO)CC4)(CC2)CC3)cn1. The molecule has 5 fully saturated rings. The molecule has 8 rings (SSSR count). The number of nitrogens with zero attached hydrogens (tertiary/aromatic N) is 5. The first-order valence-electron chi connectivity index (χ1n) is 17.9. The summed E-state index contributed by atoms with van der Waals surface area (Å²) >= 11 is 0. The number of aliphatic hydroxyl groups is 1. The Hall–Kier alpha value is -3.92. The minimum absolute atomic E-state index is 0.0897. The fraction of sp³-hybridized carbons (Fsp3) is 0.579. The number of aromatic nitrogens is 3. The van der Waals surface area contributed by atoms with Crippen LogP contribution in [-0.4, -0.2) is 71.8 Å². The van der Waals surface area contributed by atoms with Gasteiger partial charge in [-0.05, 0) is 117 Å². The Morgan fingerprint density at radius 1 is 0.958 bits per heavy atom. The molecule has 0 radical (unpaired) electrons. The lowest BCUT2D eigenvalue weighted by atomic mass is 9.52. The molecule has 10 nitrogen and oxygen atoms in total. The van der Waals surface area contributed by atoms with E-state index in [-0.39, 0.29) is 41.9 Å². The van der Waals surface area contributed by atoms with Gasteiger partial charge >= 0.3 is 6.09 Å². The van der Waals surface area contributed by atoms with Gasteiger partial charge in [0, 0.05) is 56.7 Å². The average molecular weight is 655 g/mol. The van der Waals surface area contributed by atoms with E-state index in [9.17, 15) is 9.59 Å². The Kier molecular flexibility index (Phi) is 9.20. The molecule has 0 spiro atoms. The summed E-state index contributed by atoms with van der Waals surface area (Å²) in [6, 6.07) is 13.4. The van der Waals surface area contributed by atoms with Crippen LogP contribution in [0.4, 0.5) is 16.3 Å². The summed E-state index contributed by atoms with van der Waals surface area (Å²) in [6.07, 6.45) is 17.2. The number of anilines is 2. The van der Waals surface area contributed by atoms with Crippen LogP contribution >= 0.6 is 0 Å². The number of amides is 2. The van der Waals surface area contributed by atoms with Crippen LogP contribution in [0.15, 0.2) is 55.0 Å². The first kappa shape index (κ1) is 32.6. The molecule has 5 saturated carbocycles. The number of fused-ring (bicyclic) bond motifs is 3. The zero-order chi connectivity index (χ0) is 33.3. The molecule has 0 aliphatic heterocycles. The van der Waals surface area contributed by atoms with E-state index in [0.29, 0.717) is 31.7 Å². The molecule has 2 N–H and O–H groups in total. The van der Waals surface area contributed by atoms with Crippen molar-refractivity contribution in [3.63, 3.8) is 0 Å². The van der Waals surface area contributed by atoms with Crippen molar-refractivity contribution < 1.29 is 19.4 Å². The predicted molar refractivity (Wildman–Crippen MR) is 186 cm³/mol. The number of hydrogen-bond acceptors (Lipinski definition) is 7. The molecule has 2 bridgehead atoms.